The molecule has 0 saturated carbocycles. The number of nitrogens with zero attached hydrogens (tertiary/aromatic N) is 2. The number of rotatable bonds is 3. The van der Waals surface area contributed by atoms with E-state index in [1.807, 2.05) is 4.98 Å². The van der Waals surface area contributed by atoms with Crippen molar-refractivity contribution in [1.29, 1.82) is 0 Å². The molecule has 1 amide bonds. The van der Waals surface area contributed by atoms with E-state index in [2.05, 4.69) is 10.4 Å². The van der Waals surface area contributed by atoms with Gasteiger partial charge < -0.3 is 5.32 Å². The first-order valence-electron chi connectivity index (χ1n) is 10.3. The normalized spacial score (nSPS) is 17.3. The average Bonchev–Trinajstić information content (AvgIpc) is 3.28. The fourth-order valence-electron chi connectivity index (χ4n) is 4.54. The molecule has 3 heterocycles. The number of benzene rings is 2. The number of nitrogens with one attached hydrogen (secondary N) is 3. The second-order valence-electron chi connectivity index (χ2n) is 7.94. The minimum Gasteiger partial charge on any atom is -0.310 e. The average molecular weight is 483 g/mol. The number of hydrogen-bond acceptors (Lipinski definition) is 4. The van der Waals surface area contributed by atoms with Crippen LogP contribution in [0.25, 0.3) is 11.4 Å². The number of fused-ring (bicyclic) bond motifs is 1. The van der Waals surface area contributed by atoms with Crippen LogP contribution in [0.2, 0.25) is 0 Å². The first-order chi connectivity index (χ1) is 16.6. The Bertz CT molecular complexity index is 1650. The first kappa shape index (κ1) is 22.2. The van der Waals surface area contributed by atoms with Gasteiger partial charge in [0.1, 0.15) is 5.82 Å². The number of alkyl halides is 3. The van der Waals surface area contributed by atoms with Gasteiger partial charge in [-0.05, 0) is 31.2 Å². The molecule has 12 heteroatoms. The molecule has 0 spiro atoms. The number of H-pyrrole nitrogens is 2. The van der Waals surface area contributed by atoms with Crippen LogP contribution >= 0.6 is 0 Å². The van der Waals surface area contributed by atoms with Gasteiger partial charge in [0.05, 0.1) is 22.5 Å². The molecule has 1 atom stereocenters. The zero-order chi connectivity index (χ0) is 25.1. The summed E-state index contributed by atoms with van der Waals surface area (Å²) in [6.07, 6.45) is -5.42. The van der Waals surface area contributed by atoms with Crippen molar-refractivity contribution in [3.05, 3.63) is 109 Å². The molecule has 0 aliphatic carbocycles. The van der Waals surface area contributed by atoms with Crippen LogP contribution in [-0.2, 0) is 10.2 Å². The summed E-state index contributed by atoms with van der Waals surface area (Å²) in [5.74, 6) is -2.32. The molecule has 2 aromatic carbocycles. The zero-order valence-electron chi connectivity index (χ0n) is 17.9. The van der Waals surface area contributed by atoms with Gasteiger partial charge in [0.25, 0.3) is 17.0 Å². The number of hydrogen-bond donors (Lipinski definition) is 3. The smallest absolute Gasteiger partial charge is 0.310 e. The third-order valence-corrected chi connectivity index (χ3v) is 5.96. The van der Waals surface area contributed by atoms with Gasteiger partial charge >= 0.3 is 11.9 Å². The number of carbonyl (C=O) groups is 1. The third kappa shape index (κ3) is 2.95. The van der Waals surface area contributed by atoms with Gasteiger partial charge in [-0.2, -0.15) is 13.2 Å². The van der Waals surface area contributed by atoms with Crippen LogP contribution in [0.1, 0.15) is 16.8 Å². The highest BCUT2D eigenvalue weighted by molar-refractivity contribution is 6.09. The van der Waals surface area contributed by atoms with Gasteiger partial charge in [-0.25, -0.2) is 14.0 Å². The molecule has 0 unspecified atom stereocenters. The molecule has 4 aromatic rings. The summed E-state index contributed by atoms with van der Waals surface area (Å²) in [6.45, 7) is 1.20. The summed E-state index contributed by atoms with van der Waals surface area (Å²) < 4.78 is 46.5. The minimum atomic E-state index is -5.42. The van der Waals surface area contributed by atoms with Crippen LogP contribution < -0.4 is 22.1 Å². The van der Waals surface area contributed by atoms with Crippen LogP contribution in [-0.4, -0.2) is 31.4 Å². The van der Waals surface area contributed by atoms with Gasteiger partial charge in [-0.3, -0.25) is 24.5 Å². The Morgan fingerprint density at radius 1 is 0.829 bits per heavy atom. The highest BCUT2D eigenvalue weighted by atomic mass is 19.4. The highest BCUT2D eigenvalue weighted by Gasteiger charge is 2.70. The van der Waals surface area contributed by atoms with E-state index in [0.717, 1.165) is 9.25 Å². The molecule has 5 rings (SSSR count). The predicted molar refractivity (Wildman–Crippen MR) is 119 cm³/mol. The molecular formula is C23H16F3N5O4. The summed E-state index contributed by atoms with van der Waals surface area (Å²) in [7, 11) is 0. The molecule has 9 nitrogen and oxygen atoms in total. The Hall–Kier alpha value is -4.61. The Morgan fingerprint density at radius 2 is 1.40 bits per heavy atom. The zero-order valence-corrected chi connectivity index (χ0v) is 17.9. The lowest BCUT2D eigenvalue weighted by Crippen LogP contribution is -2.54. The molecule has 0 fully saturated rings. The fraction of sp³-hybridized carbons (Fsp3) is 0.130. The predicted octanol–water partition coefficient (Wildman–Crippen LogP) is 2.11. The second-order valence-corrected chi connectivity index (χ2v) is 7.94. The number of aromatic nitrogens is 4. The van der Waals surface area contributed by atoms with E-state index >= 15 is 0 Å². The molecule has 35 heavy (non-hydrogen) atoms. The maximum absolute atomic E-state index is 15.0. The van der Waals surface area contributed by atoms with Gasteiger partial charge in [0.15, 0.2) is 0 Å². The van der Waals surface area contributed by atoms with Crippen molar-refractivity contribution in [3.63, 3.8) is 0 Å². The molecule has 1 aliphatic heterocycles. The van der Waals surface area contributed by atoms with Crippen LogP contribution in [0.3, 0.4) is 0 Å². The quantitative estimate of drug-likeness (QED) is 0.413. The number of anilines is 1. The Labute approximate surface area is 193 Å². The van der Waals surface area contributed by atoms with Crippen molar-refractivity contribution in [1.82, 2.24) is 19.3 Å². The Balaban J connectivity index is 1.92. The molecule has 0 radical (unpaired) electrons. The Kier molecular flexibility index (Phi) is 4.72. The number of para-hydroxylation sites is 2. The topological polar surface area (TPSA) is 122 Å². The molecule has 0 saturated heterocycles. The van der Waals surface area contributed by atoms with Gasteiger partial charge in [0, 0.05) is 5.69 Å². The standard InChI is InChI=1S/C23H16F3N5O4/c1-12-15(19(33)31(29-12)14-10-6-3-7-11-14)22(23(24,25)26)16-17(27-20(22)34)30(21(35)28-18(16)32)13-8-4-2-5-9-13/h2-11,29H,1H3,(H,27,34)(H,28,32,35)/t22-/m0/s1. The summed E-state index contributed by atoms with van der Waals surface area (Å²) in [6, 6.07) is 15.3. The third-order valence-electron chi connectivity index (χ3n) is 5.96. The van der Waals surface area contributed by atoms with Crippen molar-refractivity contribution >= 4 is 11.7 Å². The lowest BCUT2D eigenvalue weighted by Gasteiger charge is -2.28. The summed E-state index contributed by atoms with van der Waals surface area (Å²) >= 11 is 0. The molecular weight excluding hydrogens is 467 g/mol. The second kappa shape index (κ2) is 7.45. The van der Waals surface area contributed by atoms with Gasteiger partial charge in [-0.15, -0.1) is 0 Å². The number of halogens is 3. The van der Waals surface area contributed by atoms with E-state index in [1.165, 1.54) is 43.3 Å². The number of amides is 1. The summed E-state index contributed by atoms with van der Waals surface area (Å²) in [4.78, 5) is 54.0. The van der Waals surface area contributed by atoms with Crippen molar-refractivity contribution < 1.29 is 18.0 Å². The van der Waals surface area contributed by atoms with Crippen LogP contribution in [0.5, 0.6) is 0 Å². The lowest BCUT2D eigenvalue weighted by atomic mass is 9.75. The van der Waals surface area contributed by atoms with E-state index in [-0.39, 0.29) is 17.1 Å². The molecule has 178 valence electrons. The Morgan fingerprint density at radius 3 is 1.97 bits per heavy atom. The summed E-state index contributed by atoms with van der Waals surface area (Å²) in [5.41, 5.74) is -9.29. The lowest BCUT2D eigenvalue weighted by molar-refractivity contribution is -0.181. The van der Waals surface area contributed by atoms with Gasteiger partial charge in [-0.1, -0.05) is 36.4 Å². The molecule has 0 bridgehead atoms. The fourth-order valence-corrected chi connectivity index (χ4v) is 4.54. The highest BCUT2D eigenvalue weighted by Crippen LogP contribution is 2.51. The van der Waals surface area contributed by atoms with Crippen molar-refractivity contribution in [2.45, 2.75) is 18.5 Å². The van der Waals surface area contributed by atoms with Crippen LogP contribution in [0.4, 0.5) is 19.0 Å². The summed E-state index contributed by atoms with van der Waals surface area (Å²) in [5, 5.41) is 4.64. The van der Waals surface area contributed by atoms with Crippen molar-refractivity contribution in [2.24, 2.45) is 0 Å². The largest absolute Gasteiger partial charge is 0.411 e. The number of aryl methyl sites for hydroxylation is 1. The van der Waals surface area contributed by atoms with E-state index in [0.29, 0.717) is 0 Å². The maximum atomic E-state index is 15.0. The maximum Gasteiger partial charge on any atom is 0.411 e. The van der Waals surface area contributed by atoms with E-state index in [4.69, 9.17) is 0 Å². The van der Waals surface area contributed by atoms with Crippen LogP contribution in [0, 0.1) is 6.92 Å². The van der Waals surface area contributed by atoms with E-state index in [9.17, 15) is 32.3 Å². The minimum absolute atomic E-state index is 0.107. The van der Waals surface area contributed by atoms with E-state index in [1.54, 1.807) is 24.3 Å². The van der Waals surface area contributed by atoms with Crippen molar-refractivity contribution in [2.75, 3.05) is 5.32 Å². The van der Waals surface area contributed by atoms with E-state index < -0.39 is 51.3 Å². The molecule has 1 aliphatic rings. The van der Waals surface area contributed by atoms with Crippen molar-refractivity contribution in [3.8, 4) is 11.4 Å². The number of aromatic amines is 2. The van der Waals surface area contributed by atoms with Gasteiger partial charge in [0.2, 0.25) is 5.41 Å². The number of carbonyl (C=O) groups excluding carboxylic acids is 1. The molecule has 2 aromatic heterocycles. The monoisotopic (exact) mass is 483 g/mol. The van der Waals surface area contributed by atoms with Crippen LogP contribution in [0.15, 0.2) is 75.0 Å². The first-order valence-corrected chi connectivity index (χ1v) is 10.3. The SMILES string of the molecule is Cc1[nH]n(-c2ccccc2)c(=O)c1[C@@]1(C(F)(F)F)C(=O)Nc2c1c(=O)[nH]c(=O)n2-c1ccccc1. The molecule has 3 N–H and O–H groups in total.